The van der Waals surface area contributed by atoms with Crippen molar-refractivity contribution in [3.8, 4) is 6.07 Å². The van der Waals surface area contributed by atoms with Crippen molar-refractivity contribution >= 4 is 35.1 Å². The molecule has 0 bridgehead atoms. The summed E-state index contributed by atoms with van der Waals surface area (Å²) in [4.78, 5) is 35.3. The molecule has 1 aromatic rings. The number of carbonyl (C=O) groups excluding carboxylic acids is 3. The Bertz CT molecular complexity index is 752. The second kappa shape index (κ2) is 10.2. The van der Waals surface area contributed by atoms with E-state index in [-0.39, 0.29) is 22.9 Å². The van der Waals surface area contributed by atoms with Gasteiger partial charge in [-0.1, -0.05) is 0 Å². The first kappa shape index (κ1) is 21.2. The molecule has 0 aromatic heterocycles. The van der Waals surface area contributed by atoms with Crippen LogP contribution in [0.3, 0.4) is 0 Å². The molecule has 138 valence electrons. The first-order valence-electron chi connectivity index (χ1n) is 7.48. The van der Waals surface area contributed by atoms with Gasteiger partial charge in [0.05, 0.1) is 5.75 Å². The summed E-state index contributed by atoms with van der Waals surface area (Å²) in [7, 11) is 0. The lowest BCUT2D eigenvalue weighted by molar-refractivity contribution is -0.146. The summed E-state index contributed by atoms with van der Waals surface area (Å²) in [5.74, 6) is -2.20. The van der Waals surface area contributed by atoms with Gasteiger partial charge in [0, 0.05) is 11.4 Å². The molecule has 1 rings (SSSR count). The maximum atomic E-state index is 12.8. The van der Waals surface area contributed by atoms with Gasteiger partial charge in [0.2, 0.25) is 11.7 Å². The van der Waals surface area contributed by atoms with Crippen LogP contribution in [0.1, 0.15) is 13.8 Å². The molecule has 1 unspecified atom stereocenters. The van der Waals surface area contributed by atoms with Gasteiger partial charge in [-0.05, 0) is 38.1 Å². The Hall–Kier alpha value is -2.86. The summed E-state index contributed by atoms with van der Waals surface area (Å²) >= 11 is 1.01. The number of nitrogens with two attached hydrogens (primary N) is 1. The lowest BCUT2D eigenvalue weighted by Crippen LogP contribution is -2.24. The number of Topliss-reactive ketones (excluding diaryl/α,β-unsaturated/α-hetero) is 1. The number of benzene rings is 1. The maximum Gasteiger partial charge on any atom is 0.319 e. The molecule has 0 fully saturated rings. The monoisotopic (exact) mass is 379 g/mol. The topological polar surface area (TPSA) is 122 Å². The minimum absolute atomic E-state index is 0.0349. The summed E-state index contributed by atoms with van der Waals surface area (Å²) in [6.45, 7) is 2.33. The highest BCUT2D eigenvalue weighted by atomic mass is 32.2. The van der Waals surface area contributed by atoms with Crippen molar-refractivity contribution in [3.63, 3.8) is 0 Å². The summed E-state index contributed by atoms with van der Waals surface area (Å²) in [6.07, 6.45) is 0. The van der Waals surface area contributed by atoms with Crippen molar-refractivity contribution in [3.05, 3.63) is 41.4 Å². The largest absolute Gasteiger partial charge is 0.456 e. The van der Waals surface area contributed by atoms with E-state index < -0.39 is 29.4 Å². The van der Waals surface area contributed by atoms with Crippen LogP contribution in [0.15, 0.2) is 35.5 Å². The molecule has 1 aromatic carbocycles. The van der Waals surface area contributed by atoms with Crippen LogP contribution in [0.25, 0.3) is 0 Å². The van der Waals surface area contributed by atoms with Gasteiger partial charge in [0.15, 0.2) is 6.61 Å². The minimum atomic E-state index is -0.699. The molecule has 3 N–H and O–H groups in total. The first-order chi connectivity index (χ1) is 12.2. The molecule has 7 nitrogen and oxygen atoms in total. The number of carbonyl (C=O) groups is 3. The van der Waals surface area contributed by atoms with Crippen molar-refractivity contribution in [1.29, 1.82) is 5.26 Å². The number of nitriles is 1. The van der Waals surface area contributed by atoms with Crippen LogP contribution in [-0.4, -0.2) is 35.3 Å². The van der Waals surface area contributed by atoms with E-state index in [1.807, 2.05) is 0 Å². The number of hydrogen-bond acceptors (Lipinski definition) is 7. The van der Waals surface area contributed by atoms with E-state index in [9.17, 15) is 18.8 Å². The molecule has 26 heavy (non-hydrogen) atoms. The van der Waals surface area contributed by atoms with Crippen LogP contribution in [0, 0.1) is 17.1 Å². The number of allylic oxidation sites excluding steroid dienone is 1. The molecular weight excluding hydrogens is 361 g/mol. The molecular formula is C17H18FN3O4S. The number of anilines is 1. The zero-order valence-corrected chi connectivity index (χ0v) is 15.1. The fourth-order valence-corrected chi connectivity index (χ4v) is 2.37. The fourth-order valence-electron chi connectivity index (χ4n) is 1.70. The third-order valence-corrected chi connectivity index (χ3v) is 4.18. The Morgan fingerprint density at radius 3 is 2.50 bits per heavy atom. The number of rotatable bonds is 8. The number of esters is 1. The third-order valence-electron chi connectivity index (χ3n) is 3.05. The van der Waals surface area contributed by atoms with Crippen LogP contribution in [0.4, 0.5) is 10.1 Å². The molecule has 0 heterocycles. The maximum absolute atomic E-state index is 12.8. The number of nitrogens with zero attached hydrogens (tertiary/aromatic N) is 1. The standard InChI is InChI=1S/C17H18FN3O4S/c1-10(20)14(7-19)15(22)8-25-17(24)11(2)26-9-16(23)21-13-5-3-12(18)4-6-13/h3-6,11H,8-9,20H2,1-2H3,(H,21,23)/b14-10+. The number of ketones is 1. The normalized spacial score (nSPS) is 12.4. The predicted octanol–water partition coefficient (Wildman–Crippen LogP) is 1.75. The zero-order valence-electron chi connectivity index (χ0n) is 14.2. The van der Waals surface area contributed by atoms with E-state index >= 15 is 0 Å². The van der Waals surface area contributed by atoms with Crippen molar-refractivity contribution in [2.45, 2.75) is 19.1 Å². The predicted molar refractivity (Wildman–Crippen MR) is 95.4 cm³/mol. The van der Waals surface area contributed by atoms with E-state index in [1.165, 1.54) is 38.1 Å². The van der Waals surface area contributed by atoms with Crippen molar-refractivity contribution in [2.24, 2.45) is 5.73 Å². The summed E-state index contributed by atoms with van der Waals surface area (Å²) in [5.41, 5.74) is 5.63. The average molecular weight is 379 g/mol. The molecule has 0 spiro atoms. The van der Waals surface area contributed by atoms with Gasteiger partial charge in [0.25, 0.3) is 0 Å². The van der Waals surface area contributed by atoms with Crippen LogP contribution in [-0.2, 0) is 19.1 Å². The molecule has 0 radical (unpaired) electrons. The van der Waals surface area contributed by atoms with Crippen molar-refractivity contribution in [2.75, 3.05) is 17.7 Å². The van der Waals surface area contributed by atoms with E-state index in [0.717, 1.165) is 11.8 Å². The molecule has 0 saturated heterocycles. The molecule has 0 aliphatic heterocycles. The Balaban J connectivity index is 2.41. The molecule has 0 saturated carbocycles. The second-order valence-electron chi connectivity index (χ2n) is 5.21. The van der Waals surface area contributed by atoms with Crippen molar-refractivity contribution in [1.82, 2.24) is 0 Å². The van der Waals surface area contributed by atoms with Crippen LogP contribution in [0.2, 0.25) is 0 Å². The van der Waals surface area contributed by atoms with Gasteiger partial charge in [0.1, 0.15) is 22.7 Å². The zero-order chi connectivity index (χ0) is 19.7. The van der Waals surface area contributed by atoms with Crippen molar-refractivity contribution < 1.29 is 23.5 Å². The fraction of sp³-hybridized carbons (Fsp3) is 0.294. The lowest BCUT2D eigenvalue weighted by atomic mass is 10.1. The number of nitrogens with one attached hydrogen (secondary N) is 1. The molecule has 0 aliphatic carbocycles. The summed E-state index contributed by atoms with van der Waals surface area (Å²) < 4.78 is 17.6. The second-order valence-corrected chi connectivity index (χ2v) is 6.54. The lowest BCUT2D eigenvalue weighted by Gasteiger charge is -2.11. The SMILES string of the molecule is C/C(N)=C(/C#N)C(=O)COC(=O)C(C)SCC(=O)Nc1ccc(F)cc1. The van der Waals surface area contributed by atoms with E-state index in [4.69, 9.17) is 15.7 Å². The quantitative estimate of drug-likeness (QED) is 0.401. The Morgan fingerprint density at radius 1 is 1.35 bits per heavy atom. The molecule has 9 heteroatoms. The number of hydrogen-bond donors (Lipinski definition) is 2. The minimum Gasteiger partial charge on any atom is -0.456 e. The van der Waals surface area contributed by atoms with Gasteiger partial charge in [-0.25, -0.2) is 4.39 Å². The summed E-state index contributed by atoms with van der Waals surface area (Å²) in [5, 5.41) is 10.7. The summed E-state index contributed by atoms with van der Waals surface area (Å²) in [6, 6.07) is 6.92. The van der Waals surface area contributed by atoms with E-state index in [0.29, 0.717) is 5.69 Å². The van der Waals surface area contributed by atoms with Gasteiger partial charge in [-0.3, -0.25) is 14.4 Å². The first-order valence-corrected chi connectivity index (χ1v) is 8.52. The Kier molecular flexibility index (Phi) is 8.31. The molecule has 0 aliphatic rings. The number of thioether (sulfide) groups is 1. The highest BCUT2D eigenvalue weighted by molar-refractivity contribution is 8.01. The number of halogens is 1. The highest BCUT2D eigenvalue weighted by Gasteiger charge is 2.20. The van der Waals surface area contributed by atoms with Gasteiger partial charge in [-0.15, -0.1) is 11.8 Å². The Morgan fingerprint density at radius 2 is 1.96 bits per heavy atom. The number of ether oxygens (including phenoxy) is 1. The van der Waals surface area contributed by atoms with Gasteiger partial charge < -0.3 is 15.8 Å². The number of amides is 1. The molecule has 1 atom stereocenters. The molecule has 1 amide bonds. The van der Waals surface area contributed by atoms with E-state index in [1.54, 1.807) is 6.07 Å². The van der Waals surface area contributed by atoms with Crippen LogP contribution in [0.5, 0.6) is 0 Å². The Labute approximate surface area is 154 Å². The average Bonchev–Trinajstić information content (AvgIpc) is 2.59. The third kappa shape index (κ3) is 6.94. The smallest absolute Gasteiger partial charge is 0.319 e. The van der Waals surface area contributed by atoms with Gasteiger partial charge >= 0.3 is 5.97 Å². The van der Waals surface area contributed by atoms with Gasteiger partial charge in [-0.2, -0.15) is 5.26 Å². The van der Waals surface area contributed by atoms with Crippen LogP contribution < -0.4 is 11.1 Å². The van der Waals surface area contributed by atoms with E-state index in [2.05, 4.69) is 5.32 Å². The van der Waals surface area contributed by atoms with Crippen LogP contribution >= 0.6 is 11.8 Å². The highest BCUT2D eigenvalue weighted by Crippen LogP contribution is 2.14.